The molecule has 23 heavy (non-hydrogen) atoms. The SMILES string of the molecule is Cc1cc(CC(C(=O)O)C(=O)N(CC(C)C)CC(C)C)n(C)n1. The Kier molecular flexibility index (Phi) is 6.79. The molecule has 1 N–H and O–H groups in total. The van der Waals surface area contributed by atoms with Gasteiger partial charge in [0.15, 0.2) is 0 Å². The quantitative estimate of drug-likeness (QED) is 0.744. The van der Waals surface area contributed by atoms with Gasteiger partial charge >= 0.3 is 5.97 Å². The Morgan fingerprint density at radius 3 is 2.09 bits per heavy atom. The molecule has 1 unspecified atom stereocenters. The van der Waals surface area contributed by atoms with Gasteiger partial charge in [-0.15, -0.1) is 0 Å². The summed E-state index contributed by atoms with van der Waals surface area (Å²) in [6.45, 7) is 11.1. The topological polar surface area (TPSA) is 75.4 Å². The summed E-state index contributed by atoms with van der Waals surface area (Å²) in [6.07, 6.45) is 0.165. The van der Waals surface area contributed by atoms with E-state index in [0.29, 0.717) is 24.9 Å². The molecule has 6 nitrogen and oxygen atoms in total. The van der Waals surface area contributed by atoms with Crippen LogP contribution in [0.1, 0.15) is 39.1 Å². The zero-order valence-corrected chi connectivity index (χ0v) is 15.0. The van der Waals surface area contributed by atoms with Crippen LogP contribution in [0.5, 0.6) is 0 Å². The number of carboxylic acids is 1. The third kappa shape index (κ3) is 5.69. The van der Waals surface area contributed by atoms with E-state index in [1.807, 2.05) is 40.7 Å². The number of nitrogens with zero attached hydrogens (tertiary/aromatic N) is 3. The minimum absolute atomic E-state index is 0.165. The first kappa shape index (κ1) is 19.2. The van der Waals surface area contributed by atoms with Crippen molar-refractivity contribution in [2.24, 2.45) is 24.8 Å². The maximum absolute atomic E-state index is 12.8. The highest BCUT2D eigenvalue weighted by molar-refractivity contribution is 5.97. The lowest BCUT2D eigenvalue weighted by Crippen LogP contribution is -2.44. The van der Waals surface area contributed by atoms with Gasteiger partial charge in [-0.1, -0.05) is 27.7 Å². The molecule has 0 radical (unpaired) electrons. The Morgan fingerprint density at radius 2 is 1.74 bits per heavy atom. The van der Waals surface area contributed by atoms with Crippen molar-refractivity contribution in [2.75, 3.05) is 13.1 Å². The van der Waals surface area contributed by atoms with E-state index >= 15 is 0 Å². The number of rotatable bonds is 8. The molecule has 1 rings (SSSR count). The van der Waals surface area contributed by atoms with Crippen LogP contribution in [0.4, 0.5) is 0 Å². The molecule has 1 amide bonds. The van der Waals surface area contributed by atoms with Gasteiger partial charge in [-0.3, -0.25) is 14.3 Å². The van der Waals surface area contributed by atoms with Gasteiger partial charge in [-0.05, 0) is 24.8 Å². The summed E-state index contributed by atoms with van der Waals surface area (Å²) in [5, 5.41) is 13.8. The van der Waals surface area contributed by atoms with Crippen LogP contribution in [0.3, 0.4) is 0 Å². The monoisotopic (exact) mass is 323 g/mol. The molecule has 0 aliphatic rings. The highest BCUT2D eigenvalue weighted by Gasteiger charge is 2.32. The predicted octanol–water partition coefficient (Wildman–Crippen LogP) is 2.11. The fourth-order valence-corrected chi connectivity index (χ4v) is 2.70. The minimum atomic E-state index is -1.08. The Labute approximate surface area is 138 Å². The van der Waals surface area contributed by atoms with Crippen LogP contribution in [0, 0.1) is 24.7 Å². The lowest BCUT2D eigenvalue weighted by molar-refractivity contribution is -0.151. The first-order valence-corrected chi connectivity index (χ1v) is 8.12. The standard InChI is InChI=1S/C17H29N3O3/c1-11(2)9-20(10-12(3)4)16(21)15(17(22)23)8-14-7-13(5)18-19(14)6/h7,11-12,15H,8-10H2,1-6H3,(H,22,23). The van der Waals surface area contributed by atoms with Crippen LogP contribution in [0.25, 0.3) is 0 Å². The summed E-state index contributed by atoms with van der Waals surface area (Å²) < 4.78 is 1.65. The van der Waals surface area contributed by atoms with Crippen LogP contribution in [0.15, 0.2) is 6.07 Å². The maximum atomic E-state index is 12.8. The Bertz CT molecular complexity index is 539. The summed E-state index contributed by atoms with van der Waals surface area (Å²) in [4.78, 5) is 26.1. The highest BCUT2D eigenvalue weighted by Crippen LogP contribution is 2.16. The molecule has 1 aromatic heterocycles. The van der Waals surface area contributed by atoms with Gasteiger partial charge in [0.2, 0.25) is 5.91 Å². The molecule has 0 spiro atoms. The van der Waals surface area contributed by atoms with E-state index in [-0.39, 0.29) is 12.3 Å². The Balaban J connectivity index is 2.99. The number of aromatic nitrogens is 2. The molecular formula is C17H29N3O3. The zero-order chi connectivity index (χ0) is 17.7. The van der Waals surface area contributed by atoms with Gasteiger partial charge < -0.3 is 10.0 Å². The van der Waals surface area contributed by atoms with Crippen molar-refractivity contribution in [1.82, 2.24) is 14.7 Å². The number of carboxylic acid groups (broad SMARTS) is 1. The number of hydrogen-bond donors (Lipinski definition) is 1. The van der Waals surface area contributed by atoms with E-state index in [4.69, 9.17) is 0 Å². The van der Waals surface area contributed by atoms with Gasteiger partial charge in [0.1, 0.15) is 5.92 Å². The zero-order valence-electron chi connectivity index (χ0n) is 15.0. The van der Waals surface area contributed by atoms with Crippen LogP contribution in [-0.4, -0.2) is 44.8 Å². The molecule has 1 atom stereocenters. The largest absolute Gasteiger partial charge is 0.481 e. The van der Waals surface area contributed by atoms with Crippen molar-refractivity contribution in [3.63, 3.8) is 0 Å². The smallest absolute Gasteiger partial charge is 0.316 e. The van der Waals surface area contributed by atoms with Gasteiger partial charge in [-0.2, -0.15) is 5.10 Å². The lowest BCUT2D eigenvalue weighted by atomic mass is 9.99. The average Bonchev–Trinajstić information content (AvgIpc) is 2.71. The Morgan fingerprint density at radius 1 is 1.22 bits per heavy atom. The van der Waals surface area contributed by atoms with Crippen molar-refractivity contribution >= 4 is 11.9 Å². The lowest BCUT2D eigenvalue weighted by Gasteiger charge is -2.29. The van der Waals surface area contributed by atoms with E-state index < -0.39 is 11.9 Å². The van der Waals surface area contributed by atoms with Crippen LogP contribution in [-0.2, 0) is 23.1 Å². The predicted molar refractivity (Wildman–Crippen MR) is 89.0 cm³/mol. The molecule has 0 bridgehead atoms. The number of carbonyl (C=O) groups excluding carboxylic acids is 1. The molecule has 1 heterocycles. The fraction of sp³-hybridized carbons (Fsp3) is 0.706. The third-order valence-corrected chi connectivity index (χ3v) is 3.59. The van der Waals surface area contributed by atoms with Crippen LogP contribution < -0.4 is 0 Å². The molecular weight excluding hydrogens is 294 g/mol. The third-order valence-electron chi connectivity index (χ3n) is 3.59. The fourth-order valence-electron chi connectivity index (χ4n) is 2.70. The second kappa shape index (κ2) is 8.13. The van der Waals surface area contributed by atoms with Gasteiger partial charge in [0.25, 0.3) is 0 Å². The van der Waals surface area contributed by atoms with Crippen molar-refractivity contribution in [3.05, 3.63) is 17.5 Å². The summed E-state index contributed by atoms with van der Waals surface area (Å²) >= 11 is 0. The van der Waals surface area contributed by atoms with Crippen molar-refractivity contribution in [2.45, 2.75) is 41.0 Å². The molecule has 0 aliphatic heterocycles. The summed E-state index contributed by atoms with van der Waals surface area (Å²) in [5.41, 5.74) is 1.58. The van der Waals surface area contributed by atoms with Crippen molar-refractivity contribution < 1.29 is 14.7 Å². The summed E-state index contributed by atoms with van der Waals surface area (Å²) in [5.74, 6) is -1.86. The van der Waals surface area contributed by atoms with Crippen molar-refractivity contribution in [3.8, 4) is 0 Å². The van der Waals surface area contributed by atoms with Crippen LogP contribution >= 0.6 is 0 Å². The Hall–Kier alpha value is -1.85. The van der Waals surface area contributed by atoms with Gasteiger partial charge in [0.05, 0.1) is 5.69 Å². The number of amides is 1. The van der Waals surface area contributed by atoms with Gasteiger partial charge in [0, 0.05) is 32.3 Å². The molecule has 1 aromatic rings. The number of hydrogen-bond acceptors (Lipinski definition) is 3. The van der Waals surface area contributed by atoms with Crippen LogP contribution in [0.2, 0.25) is 0 Å². The molecule has 0 aliphatic carbocycles. The molecule has 0 aromatic carbocycles. The second-order valence-electron chi connectivity index (χ2n) is 7.03. The highest BCUT2D eigenvalue weighted by atomic mass is 16.4. The second-order valence-corrected chi connectivity index (χ2v) is 7.03. The molecule has 0 saturated carbocycles. The minimum Gasteiger partial charge on any atom is -0.481 e. The first-order chi connectivity index (χ1) is 10.6. The summed E-state index contributed by atoms with van der Waals surface area (Å²) in [6, 6.07) is 1.83. The first-order valence-electron chi connectivity index (χ1n) is 8.12. The molecule has 130 valence electrons. The average molecular weight is 323 g/mol. The van der Waals surface area contributed by atoms with Gasteiger partial charge in [-0.25, -0.2) is 0 Å². The number of aryl methyl sites for hydroxylation is 2. The van der Waals surface area contributed by atoms with E-state index in [9.17, 15) is 14.7 Å². The van der Waals surface area contributed by atoms with E-state index in [2.05, 4.69) is 5.10 Å². The van der Waals surface area contributed by atoms with E-state index in [1.54, 1.807) is 16.6 Å². The maximum Gasteiger partial charge on any atom is 0.316 e. The summed E-state index contributed by atoms with van der Waals surface area (Å²) in [7, 11) is 1.77. The molecule has 0 saturated heterocycles. The molecule has 0 fully saturated rings. The molecule has 6 heteroatoms. The number of aliphatic carboxylic acids is 1. The van der Waals surface area contributed by atoms with E-state index in [0.717, 1.165) is 11.4 Å². The normalized spacial score (nSPS) is 12.7. The van der Waals surface area contributed by atoms with Crippen molar-refractivity contribution in [1.29, 1.82) is 0 Å². The van der Waals surface area contributed by atoms with E-state index in [1.165, 1.54) is 0 Å². The number of carbonyl (C=O) groups is 2.